The van der Waals surface area contributed by atoms with E-state index in [4.69, 9.17) is 0 Å². The molecule has 3 nitrogen and oxygen atoms in total. The van der Waals surface area contributed by atoms with Gasteiger partial charge in [0.05, 0.1) is 0 Å². The number of aryl methyl sites for hydroxylation is 2. The van der Waals surface area contributed by atoms with Gasteiger partial charge in [-0.2, -0.15) is 0 Å². The van der Waals surface area contributed by atoms with Crippen LogP contribution < -0.4 is 0 Å². The minimum atomic E-state index is 0.0261. The minimum absolute atomic E-state index is 0.0261. The molecule has 0 spiro atoms. The highest BCUT2D eigenvalue weighted by atomic mass is 16.3. The van der Waals surface area contributed by atoms with E-state index in [9.17, 15) is 15.3 Å². The molecule has 0 aliphatic carbocycles. The molecule has 0 fully saturated rings. The fourth-order valence-electron chi connectivity index (χ4n) is 1.84. The molecule has 0 radical (unpaired) electrons. The molecule has 0 saturated carbocycles. The highest BCUT2D eigenvalue weighted by Gasteiger charge is 2.10. The summed E-state index contributed by atoms with van der Waals surface area (Å²) in [6.45, 7) is 3.66. The molecule has 2 aromatic carbocycles. The van der Waals surface area contributed by atoms with E-state index in [1.807, 2.05) is 13.0 Å². The predicted molar refractivity (Wildman–Crippen MR) is 66.3 cm³/mol. The first kappa shape index (κ1) is 11.3. The van der Waals surface area contributed by atoms with Crippen molar-refractivity contribution in [2.75, 3.05) is 0 Å². The van der Waals surface area contributed by atoms with Crippen LogP contribution in [0.5, 0.6) is 17.2 Å². The SMILES string of the molecule is Cc1cc(-c2ccc(O)cc2O)c(C)cc1O. The molecule has 0 saturated heterocycles. The van der Waals surface area contributed by atoms with E-state index in [0.29, 0.717) is 5.56 Å². The molecule has 0 heterocycles. The van der Waals surface area contributed by atoms with Gasteiger partial charge in [-0.15, -0.1) is 0 Å². The smallest absolute Gasteiger partial charge is 0.127 e. The van der Waals surface area contributed by atoms with Crippen LogP contribution >= 0.6 is 0 Å². The van der Waals surface area contributed by atoms with Crippen LogP contribution in [0.2, 0.25) is 0 Å². The largest absolute Gasteiger partial charge is 0.508 e. The highest BCUT2D eigenvalue weighted by molar-refractivity contribution is 5.75. The Balaban J connectivity index is 2.64. The first-order valence-corrected chi connectivity index (χ1v) is 5.31. The van der Waals surface area contributed by atoms with Crippen molar-refractivity contribution in [2.24, 2.45) is 0 Å². The van der Waals surface area contributed by atoms with E-state index >= 15 is 0 Å². The Morgan fingerprint density at radius 2 is 1.41 bits per heavy atom. The van der Waals surface area contributed by atoms with Crippen LogP contribution in [0.3, 0.4) is 0 Å². The number of phenols is 3. The monoisotopic (exact) mass is 230 g/mol. The van der Waals surface area contributed by atoms with Crippen LogP contribution in [0, 0.1) is 13.8 Å². The van der Waals surface area contributed by atoms with Crippen molar-refractivity contribution in [1.29, 1.82) is 0 Å². The average molecular weight is 230 g/mol. The lowest BCUT2D eigenvalue weighted by atomic mass is 9.97. The van der Waals surface area contributed by atoms with Gasteiger partial charge in [-0.1, -0.05) is 0 Å². The third-order valence-corrected chi connectivity index (χ3v) is 2.81. The molecule has 3 heteroatoms. The second-order valence-electron chi connectivity index (χ2n) is 4.16. The van der Waals surface area contributed by atoms with Crippen LogP contribution in [0.4, 0.5) is 0 Å². The molecular weight excluding hydrogens is 216 g/mol. The molecule has 0 amide bonds. The minimum Gasteiger partial charge on any atom is -0.508 e. The van der Waals surface area contributed by atoms with Crippen molar-refractivity contribution in [1.82, 2.24) is 0 Å². The Morgan fingerprint density at radius 1 is 0.706 bits per heavy atom. The normalized spacial score (nSPS) is 10.5. The first-order valence-electron chi connectivity index (χ1n) is 5.31. The van der Waals surface area contributed by atoms with Crippen molar-refractivity contribution < 1.29 is 15.3 Å². The summed E-state index contributed by atoms with van der Waals surface area (Å²) in [5, 5.41) is 28.6. The van der Waals surface area contributed by atoms with E-state index in [1.54, 1.807) is 19.1 Å². The zero-order valence-corrected chi connectivity index (χ0v) is 9.73. The lowest BCUT2D eigenvalue weighted by Crippen LogP contribution is -1.86. The second-order valence-corrected chi connectivity index (χ2v) is 4.16. The van der Waals surface area contributed by atoms with Crippen molar-refractivity contribution in [2.45, 2.75) is 13.8 Å². The maximum atomic E-state index is 9.81. The van der Waals surface area contributed by atoms with Gasteiger partial charge in [0.15, 0.2) is 0 Å². The molecule has 0 aliphatic rings. The van der Waals surface area contributed by atoms with Gasteiger partial charge in [-0.05, 0) is 54.8 Å². The van der Waals surface area contributed by atoms with E-state index < -0.39 is 0 Å². The molecule has 88 valence electrons. The van der Waals surface area contributed by atoms with Crippen LogP contribution in [-0.4, -0.2) is 15.3 Å². The summed E-state index contributed by atoms with van der Waals surface area (Å²) in [7, 11) is 0. The molecule has 2 rings (SSSR count). The summed E-state index contributed by atoms with van der Waals surface area (Å²) in [5.74, 6) is 0.294. The number of hydrogen-bond acceptors (Lipinski definition) is 3. The molecule has 0 bridgehead atoms. The molecule has 2 aromatic rings. The summed E-state index contributed by atoms with van der Waals surface area (Å²) >= 11 is 0. The Bertz CT molecular complexity index is 574. The van der Waals surface area contributed by atoms with Crippen molar-refractivity contribution in [3.8, 4) is 28.4 Å². The van der Waals surface area contributed by atoms with E-state index in [1.165, 1.54) is 12.1 Å². The van der Waals surface area contributed by atoms with Crippen molar-refractivity contribution in [3.05, 3.63) is 41.5 Å². The van der Waals surface area contributed by atoms with Crippen molar-refractivity contribution in [3.63, 3.8) is 0 Å². The maximum Gasteiger partial charge on any atom is 0.127 e. The van der Waals surface area contributed by atoms with Gasteiger partial charge in [0, 0.05) is 11.6 Å². The molecule has 3 N–H and O–H groups in total. The van der Waals surface area contributed by atoms with Gasteiger partial charge in [0.2, 0.25) is 0 Å². The maximum absolute atomic E-state index is 9.81. The molecule has 0 aromatic heterocycles. The van der Waals surface area contributed by atoms with Crippen LogP contribution in [0.25, 0.3) is 11.1 Å². The van der Waals surface area contributed by atoms with E-state index in [-0.39, 0.29) is 17.2 Å². The second kappa shape index (κ2) is 4.01. The zero-order chi connectivity index (χ0) is 12.6. The van der Waals surface area contributed by atoms with Gasteiger partial charge >= 0.3 is 0 Å². The molecular formula is C14H14O3. The van der Waals surface area contributed by atoms with Gasteiger partial charge < -0.3 is 15.3 Å². The Hall–Kier alpha value is -2.16. The summed E-state index contributed by atoms with van der Waals surface area (Å²) in [5.41, 5.74) is 3.10. The molecule has 0 unspecified atom stereocenters. The van der Waals surface area contributed by atoms with Crippen molar-refractivity contribution >= 4 is 0 Å². The average Bonchev–Trinajstić information content (AvgIpc) is 2.24. The number of hydrogen-bond donors (Lipinski definition) is 3. The molecule has 0 atom stereocenters. The fraction of sp³-hybridized carbons (Fsp3) is 0.143. The van der Waals surface area contributed by atoms with Crippen LogP contribution in [-0.2, 0) is 0 Å². The van der Waals surface area contributed by atoms with Gasteiger partial charge in [0.25, 0.3) is 0 Å². The summed E-state index contributed by atoms with van der Waals surface area (Å²) in [6.07, 6.45) is 0. The molecule has 17 heavy (non-hydrogen) atoms. The summed E-state index contributed by atoms with van der Waals surface area (Å²) in [4.78, 5) is 0. The van der Waals surface area contributed by atoms with Gasteiger partial charge in [0.1, 0.15) is 17.2 Å². The predicted octanol–water partition coefficient (Wildman–Crippen LogP) is 3.09. The lowest BCUT2D eigenvalue weighted by Gasteiger charge is -2.11. The number of phenolic OH excluding ortho intramolecular Hbond substituents is 3. The number of rotatable bonds is 1. The Kier molecular flexibility index (Phi) is 2.68. The van der Waals surface area contributed by atoms with Crippen LogP contribution in [0.15, 0.2) is 30.3 Å². The topological polar surface area (TPSA) is 60.7 Å². The zero-order valence-electron chi connectivity index (χ0n) is 9.73. The number of aromatic hydroxyl groups is 3. The fourth-order valence-corrected chi connectivity index (χ4v) is 1.84. The van der Waals surface area contributed by atoms with Gasteiger partial charge in [-0.3, -0.25) is 0 Å². The third kappa shape index (κ3) is 2.04. The first-order chi connectivity index (χ1) is 7.99. The van der Waals surface area contributed by atoms with Gasteiger partial charge in [-0.25, -0.2) is 0 Å². The standard InChI is InChI=1S/C14H14O3/c1-8-6-13(16)9(2)5-12(8)11-4-3-10(15)7-14(11)17/h3-7,15-17H,1-2H3. The Morgan fingerprint density at radius 3 is 2.06 bits per heavy atom. The summed E-state index contributed by atoms with van der Waals surface area (Å²) < 4.78 is 0. The number of benzene rings is 2. The van der Waals surface area contributed by atoms with Crippen LogP contribution in [0.1, 0.15) is 11.1 Å². The Labute approximate surface area is 99.6 Å². The summed E-state index contributed by atoms with van der Waals surface area (Å²) in [6, 6.07) is 7.96. The van der Waals surface area contributed by atoms with E-state index in [2.05, 4.69) is 0 Å². The third-order valence-electron chi connectivity index (χ3n) is 2.81. The van der Waals surface area contributed by atoms with E-state index in [0.717, 1.165) is 16.7 Å². The molecule has 0 aliphatic heterocycles. The quantitative estimate of drug-likeness (QED) is 0.705. The lowest BCUT2D eigenvalue weighted by molar-refractivity contribution is 0.451. The highest BCUT2D eigenvalue weighted by Crippen LogP contribution is 2.36.